The molecule has 1 aromatic heterocycles. The maximum Gasteiger partial charge on any atom is 0.256 e. The van der Waals surface area contributed by atoms with Crippen LogP contribution in [0, 0.1) is 0 Å². The van der Waals surface area contributed by atoms with Gasteiger partial charge in [0.15, 0.2) is 11.5 Å². The minimum Gasteiger partial charge on any atom is -0.493 e. The Balaban J connectivity index is 1.76. The Morgan fingerprint density at radius 3 is 2.30 bits per heavy atom. The largest absolute Gasteiger partial charge is 0.493 e. The number of carbonyl (C=O) groups excluding carboxylic acids is 1. The summed E-state index contributed by atoms with van der Waals surface area (Å²) in [6, 6.07) is 13.2. The monoisotopic (exact) mass is 367 g/mol. The quantitative estimate of drug-likeness (QED) is 0.694. The molecule has 3 aromatic rings. The van der Waals surface area contributed by atoms with E-state index in [1.54, 1.807) is 29.2 Å². The molecule has 7 nitrogen and oxygen atoms in total. The van der Waals surface area contributed by atoms with Crippen LogP contribution in [0.25, 0.3) is 0 Å². The molecule has 1 amide bonds. The molecule has 1 heterocycles. The van der Waals surface area contributed by atoms with Gasteiger partial charge in [0.05, 0.1) is 39.8 Å². The number of nitrogens with zero attached hydrogens (tertiary/aromatic N) is 2. The van der Waals surface area contributed by atoms with Crippen molar-refractivity contribution in [3.8, 4) is 17.2 Å². The number of hydrogen-bond acceptors (Lipinski definition) is 5. The van der Waals surface area contributed by atoms with Gasteiger partial charge in [-0.2, -0.15) is 5.10 Å². The van der Waals surface area contributed by atoms with Gasteiger partial charge in [-0.05, 0) is 17.7 Å². The van der Waals surface area contributed by atoms with Gasteiger partial charge < -0.3 is 19.5 Å². The standard InChI is InChI=1S/C20H21N3O4/c1-25-17-9-15(10-18(26-2)19(17)27-3)20(24)22-16-11-21-23(13-16)12-14-7-5-4-6-8-14/h4-11,13H,12H2,1-3H3,(H,22,24). The number of rotatable bonds is 7. The topological polar surface area (TPSA) is 74.6 Å². The summed E-state index contributed by atoms with van der Waals surface area (Å²) in [5.74, 6) is 0.976. The molecule has 0 aliphatic carbocycles. The third-order valence-corrected chi connectivity index (χ3v) is 4.01. The van der Waals surface area contributed by atoms with E-state index >= 15 is 0 Å². The number of nitrogens with one attached hydrogen (secondary N) is 1. The zero-order valence-corrected chi connectivity index (χ0v) is 15.4. The van der Waals surface area contributed by atoms with Gasteiger partial charge in [-0.25, -0.2) is 0 Å². The highest BCUT2D eigenvalue weighted by molar-refractivity contribution is 6.05. The lowest BCUT2D eigenvalue weighted by Gasteiger charge is -2.13. The second kappa shape index (κ2) is 8.27. The average molecular weight is 367 g/mol. The van der Waals surface area contributed by atoms with Crippen LogP contribution >= 0.6 is 0 Å². The van der Waals surface area contributed by atoms with Crippen LogP contribution in [0.3, 0.4) is 0 Å². The number of aromatic nitrogens is 2. The minimum atomic E-state index is -0.298. The van der Waals surface area contributed by atoms with Crippen LogP contribution in [0.15, 0.2) is 54.9 Å². The van der Waals surface area contributed by atoms with Crippen LogP contribution in [-0.2, 0) is 6.54 Å². The van der Waals surface area contributed by atoms with Crippen molar-refractivity contribution in [3.63, 3.8) is 0 Å². The molecule has 3 rings (SSSR count). The molecule has 0 fully saturated rings. The van der Waals surface area contributed by atoms with Crippen molar-refractivity contribution in [2.45, 2.75) is 6.54 Å². The first-order valence-corrected chi connectivity index (χ1v) is 8.32. The van der Waals surface area contributed by atoms with E-state index < -0.39 is 0 Å². The van der Waals surface area contributed by atoms with Gasteiger partial charge in [0.2, 0.25) is 5.75 Å². The van der Waals surface area contributed by atoms with Gasteiger partial charge >= 0.3 is 0 Å². The Labute approximate surface area is 157 Å². The van der Waals surface area contributed by atoms with Crippen LogP contribution in [0.4, 0.5) is 5.69 Å². The highest BCUT2D eigenvalue weighted by atomic mass is 16.5. The van der Waals surface area contributed by atoms with Crippen molar-refractivity contribution < 1.29 is 19.0 Å². The summed E-state index contributed by atoms with van der Waals surface area (Å²) >= 11 is 0. The van der Waals surface area contributed by atoms with Crippen LogP contribution < -0.4 is 19.5 Å². The first-order valence-electron chi connectivity index (χ1n) is 8.32. The predicted molar refractivity (Wildman–Crippen MR) is 102 cm³/mol. The molecule has 0 bridgehead atoms. The van der Waals surface area contributed by atoms with Crippen LogP contribution in [0.2, 0.25) is 0 Å². The highest BCUT2D eigenvalue weighted by Gasteiger charge is 2.17. The second-order valence-electron chi connectivity index (χ2n) is 5.78. The fourth-order valence-corrected chi connectivity index (χ4v) is 2.70. The molecule has 27 heavy (non-hydrogen) atoms. The van der Waals surface area contributed by atoms with Crippen molar-refractivity contribution in [3.05, 3.63) is 66.0 Å². The third-order valence-electron chi connectivity index (χ3n) is 4.01. The second-order valence-corrected chi connectivity index (χ2v) is 5.78. The molecule has 0 unspecified atom stereocenters. The van der Waals surface area contributed by atoms with Crippen molar-refractivity contribution >= 4 is 11.6 Å². The molecule has 1 N–H and O–H groups in total. The average Bonchev–Trinajstić information content (AvgIpc) is 3.14. The Bertz CT molecular complexity index is 897. The van der Waals surface area contributed by atoms with E-state index in [1.807, 2.05) is 30.3 Å². The Hall–Kier alpha value is -3.48. The van der Waals surface area contributed by atoms with Crippen LogP contribution in [-0.4, -0.2) is 37.0 Å². The number of hydrogen-bond donors (Lipinski definition) is 1. The molecule has 0 spiro atoms. The van der Waals surface area contributed by atoms with E-state index in [2.05, 4.69) is 10.4 Å². The molecule has 2 aromatic carbocycles. The van der Waals surface area contributed by atoms with Gasteiger partial charge in [-0.15, -0.1) is 0 Å². The fourth-order valence-electron chi connectivity index (χ4n) is 2.70. The summed E-state index contributed by atoms with van der Waals surface area (Å²) in [7, 11) is 4.53. The van der Waals surface area contributed by atoms with E-state index in [0.717, 1.165) is 5.56 Å². The molecule has 0 radical (unpaired) electrons. The number of amides is 1. The molecule has 7 heteroatoms. The lowest BCUT2D eigenvalue weighted by molar-refractivity contribution is 0.102. The fraction of sp³-hybridized carbons (Fsp3) is 0.200. The maximum absolute atomic E-state index is 12.6. The Morgan fingerprint density at radius 2 is 1.70 bits per heavy atom. The molecule has 140 valence electrons. The van der Waals surface area contributed by atoms with Crippen molar-refractivity contribution in [1.29, 1.82) is 0 Å². The number of carbonyl (C=O) groups is 1. The predicted octanol–water partition coefficient (Wildman–Crippen LogP) is 3.21. The van der Waals surface area contributed by atoms with E-state index in [4.69, 9.17) is 14.2 Å². The Kier molecular flexibility index (Phi) is 5.61. The summed E-state index contributed by atoms with van der Waals surface area (Å²) in [5, 5.41) is 7.12. The number of anilines is 1. The van der Waals surface area contributed by atoms with Gasteiger partial charge in [0.25, 0.3) is 5.91 Å². The zero-order valence-electron chi connectivity index (χ0n) is 15.4. The molecule has 0 aliphatic rings. The summed E-state index contributed by atoms with van der Waals surface area (Å²) in [6.45, 7) is 0.626. The number of benzene rings is 2. The van der Waals surface area contributed by atoms with E-state index in [1.165, 1.54) is 21.3 Å². The van der Waals surface area contributed by atoms with Crippen molar-refractivity contribution in [2.75, 3.05) is 26.6 Å². The van der Waals surface area contributed by atoms with Crippen molar-refractivity contribution in [2.24, 2.45) is 0 Å². The first kappa shape index (κ1) is 18.3. The van der Waals surface area contributed by atoms with Crippen LogP contribution in [0.5, 0.6) is 17.2 Å². The minimum absolute atomic E-state index is 0.298. The Morgan fingerprint density at radius 1 is 1.04 bits per heavy atom. The molecule has 0 atom stereocenters. The normalized spacial score (nSPS) is 10.3. The van der Waals surface area contributed by atoms with E-state index in [-0.39, 0.29) is 5.91 Å². The van der Waals surface area contributed by atoms with Crippen LogP contribution in [0.1, 0.15) is 15.9 Å². The lowest BCUT2D eigenvalue weighted by Crippen LogP contribution is -2.12. The smallest absolute Gasteiger partial charge is 0.256 e. The molecule has 0 aliphatic heterocycles. The molecular formula is C20H21N3O4. The molecular weight excluding hydrogens is 346 g/mol. The van der Waals surface area contributed by atoms with E-state index in [0.29, 0.717) is 35.0 Å². The molecule has 0 saturated carbocycles. The summed E-state index contributed by atoms with van der Waals surface area (Å²) in [6.07, 6.45) is 3.39. The highest BCUT2D eigenvalue weighted by Crippen LogP contribution is 2.38. The maximum atomic E-state index is 12.6. The van der Waals surface area contributed by atoms with Crippen molar-refractivity contribution in [1.82, 2.24) is 9.78 Å². The zero-order chi connectivity index (χ0) is 19.2. The number of methoxy groups -OCH3 is 3. The SMILES string of the molecule is COc1cc(C(=O)Nc2cnn(Cc3ccccc3)c2)cc(OC)c1OC. The van der Waals surface area contributed by atoms with Gasteiger partial charge in [0.1, 0.15) is 0 Å². The third kappa shape index (κ3) is 4.20. The summed E-state index contributed by atoms with van der Waals surface area (Å²) < 4.78 is 17.6. The summed E-state index contributed by atoms with van der Waals surface area (Å²) in [5.41, 5.74) is 2.12. The van der Waals surface area contributed by atoms with Gasteiger partial charge in [-0.3, -0.25) is 9.48 Å². The summed E-state index contributed by atoms with van der Waals surface area (Å²) in [4.78, 5) is 12.6. The molecule has 0 saturated heterocycles. The first-order chi connectivity index (χ1) is 13.1. The number of ether oxygens (including phenoxy) is 3. The van der Waals surface area contributed by atoms with E-state index in [9.17, 15) is 4.79 Å². The van der Waals surface area contributed by atoms with Gasteiger partial charge in [-0.1, -0.05) is 30.3 Å². The van der Waals surface area contributed by atoms with Gasteiger partial charge in [0, 0.05) is 11.8 Å². The lowest BCUT2D eigenvalue weighted by atomic mass is 10.1.